The van der Waals surface area contributed by atoms with E-state index in [0.29, 0.717) is 27.7 Å². The number of anilines is 1. The Kier molecular flexibility index (Phi) is 6.49. The number of Topliss-reactive ketones (excluding diaryl/α,β-unsaturated/α-hetero) is 1. The maximum absolute atomic E-state index is 12.4. The average Bonchev–Trinajstić information content (AvgIpc) is 2.74. The first-order valence-corrected chi connectivity index (χ1v) is 9.28. The molecule has 0 saturated heterocycles. The molecule has 0 saturated carbocycles. The summed E-state index contributed by atoms with van der Waals surface area (Å²) >= 11 is 0. The molecule has 8 heteroatoms. The predicted octanol–water partition coefficient (Wildman–Crippen LogP) is 2.60. The lowest BCUT2D eigenvalue weighted by Crippen LogP contribution is -2.21. The Morgan fingerprint density at radius 2 is 1.70 bits per heavy atom. The number of hydrogen-bond acceptors (Lipinski definition) is 5. The highest BCUT2D eigenvalue weighted by Gasteiger charge is 2.11. The van der Waals surface area contributed by atoms with E-state index in [0.717, 1.165) is 0 Å². The van der Waals surface area contributed by atoms with Crippen LogP contribution >= 0.6 is 0 Å². The lowest BCUT2D eigenvalue weighted by molar-refractivity contribution is -0.124. The first kappa shape index (κ1) is 20.7. The predicted molar refractivity (Wildman–Crippen MR) is 115 cm³/mol. The minimum Gasteiger partial charge on any atom is -0.360 e. The zero-order chi connectivity index (χ0) is 21.5. The van der Waals surface area contributed by atoms with Gasteiger partial charge in [-0.1, -0.05) is 24.3 Å². The van der Waals surface area contributed by atoms with Gasteiger partial charge in [0.1, 0.15) is 0 Å². The van der Waals surface area contributed by atoms with Gasteiger partial charge in [-0.05, 0) is 31.2 Å². The molecule has 2 amide bonds. The first-order valence-electron chi connectivity index (χ1n) is 9.28. The van der Waals surface area contributed by atoms with Gasteiger partial charge in [-0.25, -0.2) is 5.43 Å². The first-order chi connectivity index (χ1) is 14.5. The molecule has 0 aliphatic carbocycles. The fourth-order valence-corrected chi connectivity index (χ4v) is 2.85. The molecule has 3 N–H and O–H groups in total. The van der Waals surface area contributed by atoms with Crippen LogP contribution in [0.25, 0.3) is 10.9 Å². The standard InChI is InChI=1S/C22H20N4O4/c1-14(27)16-6-2-5-9-19(16)25-20(28)10-11-21(29)26-24-13-15-12-23-18-8-4-3-7-17(18)22(15)30/h2-9,12-13H,10-11H2,1H3,(H,23,30)(H,25,28)(H,26,29). The quantitative estimate of drug-likeness (QED) is 0.318. The van der Waals surface area contributed by atoms with Crippen LogP contribution in [0.5, 0.6) is 0 Å². The number of amides is 2. The van der Waals surface area contributed by atoms with E-state index in [1.54, 1.807) is 42.5 Å². The molecule has 0 spiro atoms. The number of aromatic amines is 1. The molecule has 0 radical (unpaired) electrons. The Morgan fingerprint density at radius 3 is 2.50 bits per heavy atom. The van der Waals surface area contributed by atoms with E-state index in [4.69, 9.17) is 0 Å². The number of benzene rings is 2. The smallest absolute Gasteiger partial charge is 0.240 e. The molecule has 2 aromatic carbocycles. The number of nitrogens with zero attached hydrogens (tertiary/aromatic N) is 1. The highest BCUT2D eigenvalue weighted by atomic mass is 16.2. The summed E-state index contributed by atoms with van der Waals surface area (Å²) in [6, 6.07) is 13.7. The molecule has 30 heavy (non-hydrogen) atoms. The van der Waals surface area contributed by atoms with Gasteiger partial charge >= 0.3 is 0 Å². The summed E-state index contributed by atoms with van der Waals surface area (Å²) < 4.78 is 0. The lowest BCUT2D eigenvalue weighted by atomic mass is 10.1. The van der Waals surface area contributed by atoms with Crippen molar-refractivity contribution >= 4 is 40.4 Å². The summed E-state index contributed by atoms with van der Waals surface area (Å²) in [6.07, 6.45) is 2.59. The normalized spacial score (nSPS) is 10.8. The minimum atomic E-state index is -0.474. The van der Waals surface area contributed by atoms with Gasteiger partial charge in [-0.15, -0.1) is 0 Å². The van der Waals surface area contributed by atoms with Crippen molar-refractivity contribution in [3.63, 3.8) is 0 Å². The van der Waals surface area contributed by atoms with Crippen molar-refractivity contribution in [1.29, 1.82) is 0 Å². The summed E-state index contributed by atoms with van der Waals surface area (Å²) in [7, 11) is 0. The number of hydrazone groups is 1. The highest BCUT2D eigenvalue weighted by Crippen LogP contribution is 2.16. The number of rotatable bonds is 7. The van der Waals surface area contributed by atoms with E-state index in [9.17, 15) is 19.2 Å². The monoisotopic (exact) mass is 404 g/mol. The van der Waals surface area contributed by atoms with Crippen LogP contribution in [0.1, 0.15) is 35.7 Å². The van der Waals surface area contributed by atoms with E-state index in [2.05, 4.69) is 20.8 Å². The third kappa shape index (κ3) is 5.05. The summed E-state index contributed by atoms with van der Waals surface area (Å²) in [6.45, 7) is 1.41. The van der Waals surface area contributed by atoms with Gasteiger partial charge < -0.3 is 10.3 Å². The zero-order valence-corrected chi connectivity index (χ0v) is 16.3. The van der Waals surface area contributed by atoms with Gasteiger partial charge in [0, 0.05) is 35.5 Å². The summed E-state index contributed by atoms with van der Waals surface area (Å²) in [4.78, 5) is 50.9. The molecule has 0 aliphatic rings. The van der Waals surface area contributed by atoms with E-state index in [1.807, 2.05) is 6.07 Å². The van der Waals surface area contributed by atoms with Crippen LogP contribution < -0.4 is 16.2 Å². The number of pyridine rings is 1. The van der Waals surface area contributed by atoms with Crippen LogP contribution in [0.4, 0.5) is 5.69 Å². The highest BCUT2D eigenvalue weighted by molar-refractivity contribution is 6.04. The lowest BCUT2D eigenvalue weighted by Gasteiger charge is -2.08. The van der Waals surface area contributed by atoms with Gasteiger partial charge in [0.15, 0.2) is 11.2 Å². The molecule has 0 fully saturated rings. The largest absolute Gasteiger partial charge is 0.360 e. The Labute approximate surface area is 172 Å². The van der Waals surface area contributed by atoms with Gasteiger partial charge in [0.25, 0.3) is 0 Å². The van der Waals surface area contributed by atoms with Gasteiger partial charge in [-0.2, -0.15) is 5.10 Å². The van der Waals surface area contributed by atoms with Crippen LogP contribution in [0.2, 0.25) is 0 Å². The number of ketones is 1. The van der Waals surface area contributed by atoms with E-state index >= 15 is 0 Å². The molecule has 1 aromatic heterocycles. The number of fused-ring (bicyclic) bond motifs is 1. The second kappa shape index (κ2) is 9.42. The van der Waals surface area contributed by atoms with Gasteiger partial charge in [0.05, 0.1) is 17.5 Å². The van der Waals surface area contributed by atoms with Crippen LogP contribution in [-0.4, -0.2) is 28.8 Å². The third-order valence-electron chi connectivity index (χ3n) is 4.37. The molecule has 8 nitrogen and oxygen atoms in total. The number of nitrogens with one attached hydrogen (secondary N) is 3. The van der Waals surface area contributed by atoms with Crippen LogP contribution in [0.3, 0.4) is 0 Å². The molecule has 0 unspecified atom stereocenters. The molecule has 0 aliphatic heterocycles. The Bertz CT molecular complexity index is 1200. The van der Waals surface area contributed by atoms with Gasteiger partial charge in [0.2, 0.25) is 11.8 Å². The fourth-order valence-electron chi connectivity index (χ4n) is 2.85. The number of para-hydroxylation sites is 2. The van der Waals surface area contributed by atoms with Crippen LogP contribution in [0, 0.1) is 0 Å². The third-order valence-corrected chi connectivity index (χ3v) is 4.37. The minimum absolute atomic E-state index is 0.0792. The average molecular weight is 404 g/mol. The molecular weight excluding hydrogens is 384 g/mol. The molecule has 0 bridgehead atoms. The topological polar surface area (TPSA) is 120 Å². The summed E-state index contributed by atoms with van der Waals surface area (Å²) in [5, 5.41) is 6.94. The summed E-state index contributed by atoms with van der Waals surface area (Å²) in [5.74, 6) is -1.03. The van der Waals surface area contributed by atoms with Crippen LogP contribution in [-0.2, 0) is 9.59 Å². The van der Waals surface area contributed by atoms with E-state index in [-0.39, 0.29) is 24.1 Å². The second-order valence-electron chi connectivity index (χ2n) is 6.56. The Balaban J connectivity index is 1.53. The molecule has 1 heterocycles. The second-order valence-corrected chi connectivity index (χ2v) is 6.56. The zero-order valence-electron chi connectivity index (χ0n) is 16.3. The fraction of sp³-hybridized carbons (Fsp3) is 0.136. The van der Waals surface area contributed by atoms with Crippen LogP contribution in [0.15, 0.2) is 64.6 Å². The van der Waals surface area contributed by atoms with Crippen molar-refractivity contribution in [1.82, 2.24) is 10.4 Å². The van der Waals surface area contributed by atoms with Crippen molar-refractivity contribution in [2.24, 2.45) is 5.10 Å². The molecule has 3 aromatic rings. The Morgan fingerprint density at radius 1 is 1.00 bits per heavy atom. The van der Waals surface area contributed by atoms with Crippen molar-refractivity contribution in [2.75, 3.05) is 5.32 Å². The number of hydrogen-bond donors (Lipinski definition) is 3. The van der Waals surface area contributed by atoms with Crippen molar-refractivity contribution in [3.05, 3.63) is 76.1 Å². The molecule has 152 valence electrons. The summed E-state index contributed by atoms with van der Waals surface area (Å²) in [5.41, 5.74) is 3.91. The number of carbonyl (C=O) groups is 3. The molecule has 0 atom stereocenters. The molecular formula is C22H20N4O4. The number of aromatic nitrogens is 1. The molecule has 3 rings (SSSR count). The van der Waals surface area contributed by atoms with E-state index in [1.165, 1.54) is 19.3 Å². The van der Waals surface area contributed by atoms with Crippen molar-refractivity contribution < 1.29 is 14.4 Å². The van der Waals surface area contributed by atoms with Crippen molar-refractivity contribution in [3.8, 4) is 0 Å². The van der Waals surface area contributed by atoms with E-state index < -0.39 is 11.8 Å². The Hall–Kier alpha value is -4.07. The number of H-pyrrole nitrogens is 1. The van der Waals surface area contributed by atoms with Gasteiger partial charge in [-0.3, -0.25) is 19.2 Å². The number of carbonyl (C=O) groups excluding carboxylic acids is 3. The SMILES string of the molecule is CC(=O)c1ccccc1NC(=O)CCC(=O)NN=Cc1c[nH]c2ccccc2c1=O. The maximum Gasteiger partial charge on any atom is 0.240 e. The van der Waals surface area contributed by atoms with Crippen molar-refractivity contribution in [2.45, 2.75) is 19.8 Å². The maximum atomic E-state index is 12.4.